The van der Waals surface area contributed by atoms with Gasteiger partial charge < -0.3 is 14.4 Å². The van der Waals surface area contributed by atoms with Crippen LogP contribution < -0.4 is 0 Å². The van der Waals surface area contributed by atoms with Crippen molar-refractivity contribution in [2.75, 3.05) is 46.6 Å². The zero-order valence-electron chi connectivity index (χ0n) is 9.13. The van der Waals surface area contributed by atoms with Crippen LogP contribution in [-0.4, -0.2) is 51.5 Å². The molecule has 0 saturated carbocycles. The second kappa shape index (κ2) is 4.60. The predicted molar refractivity (Wildman–Crippen MR) is 55.4 cm³/mol. The number of methoxy groups -OCH3 is 1. The average molecular weight is 199 g/mol. The Kier molecular flexibility index (Phi) is 3.42. The van der Waals surface area contributed by atoms with Crippen LogP contribution in [0.1, 0.15) is 19.3 Å². The molecule has 2 heterocycles. The molecule has 0 bridgehead atoms. The van der Waals surface area contributed by atoms with Gasteiger partial charge in [0, 0.05) is 25.7 Å². The molecule has 2 rings (SSSR count). The van der Waals surface area contributed by atoms with Crippen molar-refractivity contribution < 1.29 is 9.47 Å². The third-order valence-electron chi connectivity index (χ3n) is 3.56. The van der Waals surface area contributed by atoms with Crippen LogP contribution in [0.2, 0.25) is 0 Å². The van der Waals surface area contributed by atoms with Crippen LogP contribution in [0.4, 0.5) is 0 Å². The molecule has 0 amide bonds. The van der Waals surface area contributed by atoms with Crippen LogP contribution in [0, 0.1) is 5.41 Å². The second-order valence-corrected chi connectivity index (χ2v) is 4.68. The highest BCUT2D eigenvalue weighted by Gasteiger charge is 2.40. The normalized spacial score (nSPS) is 26.4. The quantitative estimate of drug-likeness (QED) is 0.634. The minimum atomic E-state index is 0.581. The number of nitrogens with zero attached hydrogens (tertiary/aromatic N) is 1. The minimum absolute atomic E-state index is 0.581. The monoisotopic (exact) mass is 199 g/mol. The van der Waals surface area contributed by atoms with E-state index in [1.807, 2.05) is 0 Å². The van der Waals surface area contributed by atoms with Crippen molar-refractivity contribution in [3.8, 4) is 0 Å². The molecule has 2 aliphatic rings. The van der Waals surface area contributed by atoms with E-state index in [4.69, 9.17) is 9.47 Å². The number of ether oxygens (including phenoxy) is 2. The average Bonchev–Trinajstić information content (AvgIpc) is 2.17. The van der Waals surface area contributed by atoms with Gasteiger partial charge in [0.2, 0.25) is 0 Å². The Labute approximate surface area is 86.4 Å². The van der Waals surface area contributed by atoms with E-state index < -0.39 is 0 Å². The Bertz CT molecular complexity index is 170. The molecular formula is C11H21NO2. The van der Waals surface area contributed by atoms with E-state index in [2.05, 4.69) is 4.90 Å². The first-order valence-corrected chi connectivity index (χ1v) is 5.64. The van der Waals surface area contributed by atoms with Crippen LogP contribution in [-0.2, 0) is 9.47 Å². The van der Waals surface area contributed by atoms with Gasteiger partial charge >= 0.3 is 0 Å². The highest BCUT2D eigenvalue weighted by atomic mass is 16.5. The first kappa shape index (κ1) is 10.4. The van der Waals surface area contributed by atoms with Gasteiger partial charge in [-0.25, -0.2) is 0 Å². The Morgan fingerprint density at radius 2 is 2.00 bits per heavy atom. The molecule has 0 aromatic carbocycles. The third-order valence-corrected chi connectivity index (χ3v) is 3.56. The Morgan fingerprint density at radius 3 is 2.50 bits per heavy atom. The molecule has 0 radical (unpaired) electrons. The molecule has 2 aliphatic heterocycles. The molecule has 0 aromatic rings. The van der Waals surface area contributed by atoms with Crippen molar-refractivity contribution in [3.05, 3.63) is 0 Å². The molecule has 82 valence electrons. The summed E-state index contributed by atoms with van der Waals surface area (Å²) in [5.74, 6) is 0. The summed E-state index contributed by atoms with van der Waals surface area (Å²) in [4.78, 5) is 2.56. The van der Waals surface area contributed by atoms with Crippen molar-refractivity contribution in [1.82, 2.24) is 4.90 Å². The summed E-state index contributed by atoms with van der Waals surface area (Å²) in [6.07, 6.45) is 3.83. The zero-order chi connectivity index (χ0) is 9.86. The smallest absolute Gasteiger partial charge is 0.0545 e. The van der Waals surface area contributed by atoms with Gasteiger partial charge in [-0.15, -0.1) is 0 Å². The molecule has 0 unspecified atom stereocenters. The maximum atomic E-state index is 5.31. The van der Waals surface area contributed by atoms with E-state index in [1.54, 1.807) is 7.11 Å². The summed E-state index contributed by atoms with van der Waals surface area (Å²) in [5.41, 5.74) is 0.581. The molecule has 1 spiro atoms. The molecule has 0 N–H and O–H groups in total. The highest BCUT2D eigenvalue weighted by Crippen LogP contribution is 2.38. The van der Waals surface area contributed by atoms with Crippen LogP contribution in [0.5, 0.6) is 0 Å². The molecule has 3 heteroatoms. The molecule has 0 aliphatic carbocycles. The summed E-state index contributed by atoms with van der Waals surface area (Å²) in [7, 11) is 1.77. The number of likely N-dealkylation sites (tertiary alicyclic amines) is 1. The van der Waals surface area contributed by atoms with E-state index in [0.29, 0.717) is 5.41 Å². The highest BCUT2D eigenvalue weighted by molar-refractivity contribution is 4.90. The summed E-state index contributed by atoms with van der Waals surface area (Å²) >= 11 is 0. The maximum absolute atomic E-state index is 5.31. The lowest BCUT2D eigenvalue weighted by Crippen LogP contribution is -2.51. The van der Waals surface area contributed by atoms with E-state index in [-0.39, 0.29) is 0 Å². The fraction of sp³-hybridized carbons (Fsp3) is 1.00. The van der Waals surface area contributed by atoms with E-state index in [0.717, 1.165) is 19.8 Å². The van der Waals surface area contributed by atoms with Crippen molar-refractivity contribution in [3.63, 3.8) is 0 Å². The van der Waals surface area contributed by atoms with Crippen molar-refractivity contribution in [1.29, 1.82) is 0 Å². The third kappa shape index (κ3) is 2.27. The van der Waals surface area contributed by atoms with Crippen LogP contribution >= 0.6 is 0 Å². The Balaban J connectivity index is 1.63. The first-order valence-electron chi connectivity index (χ1n) is 5.64. The van der Waals surface area contributed by atoms with E-state index in [9.17, 15) is 0 Å². The van der Waals surface area contributed by atoms with Gasteiger partial charge in [0.15, 0.2) is 0 Å². The largest absolute Gasteiger partial charge is 0.385 e. The van der Waals surface area contributed by atoms with Gasteiger partial charge in [-0.05, 0) is 32.4 Å². The van der Waals surface area contributed by atoms with Crippen molar-refractivity contribution in [2.45, 2.75) is 19.3 Å². The summed E-state index contributed by atoms with van der Waals surface area (Å²) in [6, 6.07) is 0. The molecule has 14 heavy (non-hydrogen) atoms. The molecule has 2 saturated heterocycles. The lowest BCUT2D eigenvalue weighted by atomic mass is 9.77. The Morgan fingerprint density at radius 1 is 1.29 bits per heavy atom. The van der Waals surface area contributed by atoms with Gasteiger partial charge in [-0.1, -0.05) is 0 Å². The van der Waals surface area contributed by atoms with Crippen LogP contribution in [0.15, 0.2) is 0 Å². The fourth-order valence-electron chi connectivity index (χ4n) is 2.36. The van der Waals surface area contributed by atoms with Gasteiger partial charge in [0.1, 0.15) is 0 Å². The van der Waals surface area contributed by atoms with Gasteiger partial charge in [-0.3, -0.25) is 0 Å². The van der Waals surface area contributed by atoms with Gasteiger partial charge in [-0.2, -0.15) is 0 Å². The lowest BCUT2D eigenvalue weighted by Gasteiger charge is -2.47. The minimum Gasteiger partial charge on any atom is -0.385 e. The van der Waals surface area contributed by atoms with E-state index in [1.165, 1.54) is 38.9 Å². The maximum Gasteiger partial charge on any atom is 0.0545 e. The SMILES string of the molecule is COCCCN1CCC2(CC1)COC2. The molecule has 3 nitrogen and oxygen atoms in total. The number of hydrogen-bond donors (Lipinski definition) is 0. The van der Waals surface area contributed by atoms with Gasteiger partial charge in [0.25, 0.3) is 0 Å². The Hall–Kier alpha value is -0.120. The molecule has 2 fully saturated rings. The zero-order valence-corrected chi connectivity index (χ0v) is 9.13. The topological polar surface area (TPSA) is 21.7 Å². The summed E-state index contributed by atoms with van der Waals surface area (Å²) in [6.45, 7) is 6.63. The van der Waals surface area contributed by atoms with Crippen molar-refractivity contribution >= 4 is 0 Å². The number of hydrogen-bond acceptors (Lipinski definition) is 3. The fourth-order valence-corrected chi connectivity index (χ4v) is 2.36. The van der Waals surface area contributed by atoms with Crippen LogP contribution in [0.3, 0.4) is 0 Å². The number of piperidine rings is 1. The summed E-state index contributed by atoms with van der Waals surface area (Å²) in [5, 5.41) is 0. The predicted octanol–water partition coefficient (Wildman–Crippen LogP) is 1.14. The standard InChI is InChI=1S/C11H21NO2/c1-13-8-2-5-12-6-3-11(4-7-12)9-14-10-11/h2-10H2,1H3. The second-order valence-electron chi connectivity index (χ2n) is 4.68. The van der Waals surface area contributed by atoms with Crippen molar-refractivity contribution in [2.24, 2.45) is 5.41 Å². The molecule has 0 aromatic heterocycles. The van der Waals surface area contributed by atoms with Gasteiger partial charge in [0.05, 0.1) is 13.2 Å². The summed E-state index contributed by atoms with van der Waals surface area (Å²) < 4.78 is 10.4. The first-order chi connectivity index (χ1) is 6.85. The lowest BCUT2D eigenvalue weighted by molar-refractivity contribution is -0.139. The van der Waals surface area contributed by atoms with E-state index >= 15 is 0 Å². The number of rotatable bonds is 4. The molecular weight excluding hydrogens is 178 g/mol. The molecule has 0 atom stereocenters. The van der Waals surface area contributed by atoms with Crippen LogP contribution in [0.25, 0.3) is 0 Å².